The summed E-state index contributed by atoms with van der Waals surface area (Å²) >= 11 is 1.62. The number of benzene rings is 3. The monoisotopic (exact) mass is 538 g/mol. The van der Waals surface area contributed by atoms with Gasteiger partial charge in [0.15, 0.2) is 11.5 Å². The summed E-state index contributed by atoms with van der Waals surface area (Å²) in [5, 5.41) is 2.02. The van der Waals surface area contributed by atoms with E-state index in [4.69, 9.17) is 9.47 Å². The van der Waals surface area contributed by atoms with Crippen molar-refractivity contribution >= 4 is 23.2 Å². The lowest BCUT2D eigenvalue weighted by atomic mass is 9.90. The fourth-order valence-electron chi connectivity index (χ4n) is 5.04. The fourth-order valence-corrected chi connectivity index (χ4v) is 5.76. The van der Waals surface area contributed by atoms with Crippen molar-refractivity contribution in [1.82, 2.24) is 9.80 Å². The molecule has 0 spiro atoms. The van der Waals surface area contributed by atoms with Crippen LogP contribution in [0.1, 0.15) is 40.3 Å². The molecule has 6 nitrogen and oxygen atoms in total. The molecule has 0 radical (unpaired) electrons. The van der Waals surface area contributed by atoms with Gasteiger partial charge < -0.3 is 19.3 Å². The first-order chi connectivity index (χ1) is 19.2. The number of fused-ring (bicyclic) bond motifs is 1. The Labute approximate surface area is 232 Å². The van der Waals surface area contributed by atoms with Crippen LogP contribution in [0.3, 0.4) is 0 Å². The first kappa shape index (κ1) is 25.2. The normalized spacial score (nSPS) is 13.9. The Morgan fingerprint density at radius 3 is 2.15 bits per heavy atom. The number of carbonyl (C=O) groups is 2. The van der Waals surface area contributed by atoms with Crippen molar-refractivity contribution in [2.45, 2.75) is 37.9 Å². The smallest absolute Gasteiger partial charge is 0.242 e. The summed E-state index contributed by atoms with van der Waals surface area (Å²) in [5.41, 5.74) is 2.82. The average Bonchev–Trinajstić information content (AvgIpc) is 3.46. The van der Waals surface area contributed by atoms with Gasteiger partial charge in [-0.2, -0.15) is 0 Å². The molecule has 1 saturated carbocycles. The number of hydrogen-bond donors (Lipinski definition) is 0. The molecule has 198 valence electrons. The summed E-state index contributed by atoms with van der Waals surface area (Å²) in [4.78, 5) is 32.9. The topological polar surface area (TPSA) is 59.1 Å². The predicted octanol–water partition coefficient (Wildman–Crippen LogP) is 5.83. The highest BCUT2D eigenvalue weighted by Gasteiger charge is 2.38. The Morgan fingerprint density at radius 1 is 0.821 bits per heavy atom. The van der Waals surface area contributed by atoms with E-state index in [1.807, 2.05) is 106 Å². The highest BCUT2D eigenvalue weighted by atomic mass is 32.1. The van der Waals surface area contributed by atoms with Crippen LogP contribution in [-0.4, -0.2) is 41.0 Å². The minimum Gasteiger partial charge on any atom is -0.454 e. The quantitative estimate of drug-likeness (QED) is 0.255. The van der Waals surface area contributed by atoms with E-state index in [1.54, 1.807) is 11.3 Å². The molecular formula is C32H30N2O4S. The number of amides is 2. The summed E-state index contributed by atoms with van der Waals surface area (Å²) in [6.45, 7) is 1.16. The molecule has 1 aliphatic heterocycles. The molecule has 1 aromatic heterocycles. The molecule has 2 amide bonds. The van der Waals surface area contributed by atoms with Crippen LogP contribution >= 0.6 is 11.3 Å². The standard InChI is InChI=1S/C32H30N2O4S/c35-30(33(20-27-12-7-17-39-27)19-23-13-16-28-29(18-23)38-22-37-28)21-34(26-14-15-26)32(36)31(24-8-3-1-4-9-24)25-10-5-2-6-11-25/h1-13,16-18,26,31H,14-15,19-22H2. The number of rotatable bonds is 10. The maximum absolute atomic E-state index is 14.2. The lowest BCUT2D eigenvalue weighted by Gasteiger charge is -2.30. The van der Waals surface area contributed by atoms with E-state index < -0.39 is 5.92 Å². The Balaban J connectivity index is 1.26. The number of hydrogen-bond acceptors (Lipinski definition) is 5. The van der Waals surface area contributed by atoms with Crippen LogP contribution in [0.2, 0.25) is 0 Å². The van der Waals surface area contributed by atoms with Crippen molar-refractivity contribution in [2.24, 2.45) is 0 Å². The molecule has 1 fully saturated rings. The van der Waals surface area contributed by atoms with Crippen molar-refractivity contribution in [3.63, 3.8) is 0 Å². The van der Waals surface area contributed by atoms with Crippen molar-refractivity contribution < 1.29 is 19.1 Å². The van der Waals surface area contributed by atoms with Gasteiger partial charge in [0.2, 0.25) is 18.6 Å². The van der Waals surface area contributed by atoms with Crippen LogP contribution in [0.15, 0.2) is 96.4 Å². The third-order valence-corrected chi connectivity index (χ3v) is 8.04. The fraction of sp³-hybridized carbons (Fsp3) is 0.250. The zero-order valence-electron chi connectivity index (χ0n) is 21.6. The van der Waals surface area contributed by atoms with Crippen LogP contribution in [0, 0.1) is 0 Å². The molecule has 0 atom stereocenters. The van der Waals surface area contributed by atoms with Gasteiger partial charge in [0.05, 0.1) is 12.5 Å². The second-order valence-corrected chi connectivity index (χ2v) is 11.0. The first-order valence-corrected chi connectivity index (χ1v) is 14.1. The second-order valence-electron chi connectivity index (χ2n) is 9.97. The number of ether oxygens (including phenoxy) is 2. The number of carbonyl (C=O) groups excluding carboxylic acids is 2. The van der Waals surface area contributed by atoms with Crippen LogP contribution in [-0.2, 0) is 22.7 Å². The van der Waals surface area contributed by atoms with E-state index in [9.17, 15) is 9.59 Å². The predicted molar refractivity (Wildman–Crippen MR) is 151 cm³/mol. The molecule has 4 aromatic rings. The molecule has 0 bridgehead atoms. The van der Waals surface area contributed by atoms with Crippen LogP contribution in [0.4, 0.5) is 0 Å². The second kappa shape index (κ2) is 11.3. The zero-order chi connectivity index (χ0) is 26.6. The molecule has 6 rings (SSSR count). The van der Waals surface area contributed by atoms with Gasteiger partial charge in [-0.25, -0.2) is 0 Å². The van der Waals surface area contributed by atoms with Gasteiger partial charge in [0.1, 0.15) is 6.54 Å². The molecule has 0 saturated heterocycles. The Kier molecular flexibility index (Phi) is 7.32. The Hall–Kier alpha value is -4.10. The zero-order valence-corrected chi connectivity index (χ0v) is 22.4. The van der Waals surface area contributed by atoms with Crippen LogP contribution in [0.5, 0.6) is 11.5 Å². The average molecular weight is 539 g/mol. The maximum atomic E-state index is 14.2. The molecule has 2 heterocycles. The van der Waals surface area contributed by atoms with Gasteiger partial charge in [0.25, 0.3) is 0 Å². The third kappa shape index (κ3) is 5.83. The molecular weight excluding hydrogens is 508 g/mol. The molecule has 7 heteroatoms. The van der Waals surface area contributed by atoms with Gasteiger partial charge in [-0.3, -0.25) is 9.59 Å². The highest BCUT2D eigenvalue weighted by molar-refractivity contribution is 7.09. The van der Waals surface area contributed by atoms with E-state index in [-0.39, 0.29) is 31.2 Å². The summed E-state index contributed by atoms with van der Waals surface area (Å²) in [5.74, 6) is 0.858. The van der Waals surface area contributed by atoms with Crippen LogP contribution in [0.25, 0.3) is 0 Å². The lowest BCUT2D eigenvalue weighted by molar-refractivity contribution is -0.142. The van der Waals surface area contributed by atoms with E-state index >= 15 is 0 Å². The minimum absolute atomic E-state index is 0.0256. The van der Waals surface area contributed by atoms with Gasteiger partial charge in [-0.1, -0.05) is 72.8 Å². The molecule has 1 aliphatic carbocycles. The molecule has 3 aromatic carbocycles. The number of thiophene rings is 1. The maximum Gasteiger partial charge on any atom is 0.242 e. The SMILES string of the molecule is O=C(CN(C(=O)C(c1ccccc1)c1ccccc1)C1CC1)N(Cc1ccc2c(c1)OCO2)Cc1cccs1. The molecule has 2 aliphatic rings. The van der Waals surface area contributed by atoms with Crippen LogP contribution < -0.4 is 9.47 Å². The third-order valence-electron chi connectivity index (χ3n) is 7.18. The van der Waals surface area contributed by atoms with Crippen molar-refractivity contribution in [1.29, 1.82) is 0 Å². The summed E-state index contributed by atoms with van der Waals surface area (Å²) in [6.07, 6.45) is 1.84. The summed E-state index contributed by atoms with van der Waals surface area (Å²) in [6, 6.07) is 29.6. The van der Waals surface area contributed by atoms with Gasteiger partial charge in [-0.05, 0) is 53.1 Å². The van der Waals surface area contributed by atoms with Crippen molar-refractivity contribution in [3.05, 3.63) is 118 Å². The molecule has 0 N–H and O–H groups in total. The van der Waals surface area contributed by atoms with Gasteiger partial charge in [0, 0.05) is 17.5 Å². The summed E-state index contributed by atoms with van der Waals surface area (Å²) < 4.78 is 11.0. The lowest BCUT2D eigenvalue weighted by Crippen LogP contribution is -2.45. The Morgan fingerprint density at radius 2 is 1.51 bits per heavy atom. The highest BCUT2D eigenvalue weighted by Crippen LogP contribution is 2.35. The first-order valence-electron chi connectivity index (χ1n) is 13.2. The van der Waals surface area contributed by atoms with E-state index in [0.29, 0.717) is 24.6 Å². The van der Waals surface area contributed by atoms with E-state index in [2.05, 4.69) is 0 Å². The van der Waals surface area contributed by atoms with E-state index in [0.717, 1.165) is 34.4 Å². The van der Waals surface area contributed by atoms with Gasteiger partial charge >= 0.3 is 0 Å². The molecule has 39 heavy (non-hydrogen) atoms. The number of nitrogens with zero attached hydrogens (tertiary/aromatic N) is 2. The van der Waals surface area contributed by atoms with Crippen molar-refractivity contribution in [3.8, 4) is 11.5 Å². The van der Waals surface area contributed by atoms with Gasteiger partial charge in [-0.15, -0.1) is 11.3 Å². The largest absolute Gasteiger partial charge is 0.454 e. The Bertz CT molecular complexity index is 1380. The molecule has 0 unspecified atom stereocenters. The summed E-state index contributed by atoms with van der Waals surface area (Å²) in [7, 11) is 0. The van der Waals surface area contributed by atoms with E-state index in [1.165, 1.54) is 0 Å². The van der Waals surface area contributed by atoms with Crippen molar-refractivity contribution in [2.75, 3.05) is 13.3 Å². The minimum atomic E-state index is -0.458.